The van der Waals surface area contributed by atoms with Crippen LogP contribution in [0.1, 0.15) is 48.1 Å². The highest BCUT2D eigenvalue weighted by atomic mass is 16.4. The van der Waals surface area contributed by atoms with E-state index in [0.29, 0.717) is 25.8 Å². The van der Waals surface area contributed by atoms with Crippen LogP contribution in [0.4, 0.5) is 17.1 Å². The molecule has 2 atom stereocenters. The van der Waals surface area contributed by atoms with Gasteiger partial charge in [-0.3, -0.25) is 19.2 Å². The molecule has 0 aromatic heterocycles. The maximum atomic E-state index is 13.0. The summed E-state index contributed by atoms with van der Waals surface area (Å²) in [6.07, 6.45) is 1.72. The standard InChI is InChI=1S/C26H27N3O6/c1-2-18(15-8-4-3-5-9-15)27-20-21(24(32)23(20)31)28-19-12-6-11-17(22(19)30)25(33)29-13-7-10-16(14-29)26(34)35/h3-6,8-9,11-12,16,18,27-28,30H,2,7,10,13-14H2,1H3,(H,34,35)/t16?,18-/m1/s1. The minimum atomic E-state index is -0.955. The largest absolute Gasteiger partial charge is 0.505 e. The van der Waals surface area contributed by atoms with Crippen molar-refractivity contribution in [1.29, 1.82) is 0 Å². The Labute approximate surface area is 201 Å². The van der Waals surface area contributed by atoms with Crippen molar-refractivity contribution in [2.24, 2.45) is 5.92 Å². The predicted octanol–water partition coefficient (Wildman–Crippen LogP) is 3.23. The number of aromatic hydroxyl groups is 1. The molecule has 182 valence electrons. The third-order valence-electron chi connectivity index (χ3n) is 6.42. The second-order valence-electron chi connectivity index (χ2n) is 8.68. The second kappa shape index (κ2) is 10.0. The second-order valence-corrected chi connectivity index (χ2v) is 8.68. The number of nitrogens with zero attached hydrogens (tertiary/aromatic N) is 1. The zero-order valence-corrected chi connectivity index (χ0v) is 19.3. The molecule has 1 amide bonds. The number of hydrogen-bond acceptors (Lipinski definition) is 7. The fraction of sp³-hybridized carbons (Fsp3) is 0.308. The van der Waals surface area contributed by atoms with Crippen LogP contribution in [0.2, 0.25) is 0 Å². The summed E-state index contributed by atoms with van der Waals surface area (Å²) in [5.74, 6) is -2.47. The molecule has 35 heavy (non-hydrogen) atoms. The van der Waals surface area contributed by atoms with Crippen LogP contribution in [-0.2, 0) is 4.79 Å². The number of likely N-dealkylation sites (tertiary alicyclic amines) is 1. The van der Waals surface area contributed by atoms with Crippen LogP contribution in [0.15, 0.2) is 58.1 Å². The highest BCUT2D eigenvalue weighted by molar-refractivity contribution is 5.99. The lowest BCUT2D eigenvalue weighted by atomic mass is 9.97. The highest BCUT2D eigenvalue weighted by Gasteiger charge is 2.31. The molecule has 0 radical (unpaired) electrons. The number of carbonyl (C=O) groups is 2. The van der Waals surface area contributed by atoms with Gasteiger partial charge in [0.1, 0.15) is 11.4 Å². The van der Waals surface area contributed by atoms with Crippen molar-refractivity contribution in [3.05, 3.63) is 80.1 Å². The van der Waals surface area contributed by atoms with Crippen molar-refractivity contribution in [1.82, 2.24) is 4.90 Å². The molecule has 0 spiro atoms. The summed E-state index contributed by atoms with van der Waals surface area (Å²) in [5.41, 5.74) is -0.162. The Balaban J connectivity index is 1.56. The van der Waals surface area contributed by atoms with E-state index in [1.165, 1.54) is 17.0 Å². The topological polar surface area (TPSA) is 136 Å². The third-order valence-corrected chi connectivity index (χ3v) is 6.42. The van der Waals surface area contributed by atoms with Crippen molar-refractivity contribution >= 4 is 28.9 Å². The molecule has 1 aliphatic heterocycles. The summed E-state index contributed by atoms with van der Waals surface area (Å²) in [4.78, 5) is 50.4. The molecule has 4 N–H and O–H groups in total. The van der Waals surface area contributed by atoms with Crippen molar-refractivity contribution in [2.75, 3.05) is 23.7 Å². The van der Waals surface area contributed by atoms with Crippen molar-refractivity contribution in [2.45, 2.75) is 32.2 Å². The zero-order chi connectivity index (χ0) is 25.1. The molecule has 1 saturated heterocycles. The number of piperidine rings is 1. The van der Waals surface area contributed by atoms with Crippen LogP contribution in [0, 0.1) is 5.92 Å². The summed E-state index contributed by atoms with van der Waals surface area (Å²) in [5, 5.41) is 26.1. The molecular formula is C26H27N3O6. The van der Waals surface area contributed by atoms with Gasteiger partial charge in [-0.2, -0.15) is 0 Å². The molecule has 0 aliphatic carbocycles. The highest BCUT2D eigenvalue weighted by Crippen LogP contribution is 2.34. The Morgan fingerprint density at radius 1 is 1.06 bits per heavy atom. The fourth-order valence-corrected chi connectivity index (χ4v) is 4.41. The first-order chi connectivity index (χ1) is 16.8. The Morgan fingerprint density at radius 3 is 2.46 bits per heavy atom. The van der Waals surface area contributed by atoms with E-state index in [4.69, 9.17) is 0 Å². The number of phenols is 1. The van der Waals surface area contributed by atoms with Gasteiger partial charge in [0.2, 0.25) is 0 Å². The number of carbonyl (C=O) groups excluding carboxylic acids is 1. The first kappa shape index (κ1) is 24.0. The molecule has 9 nitrogen and oxygen atoms in total. The number of carboxylic acids is 1. The Bertz CT molecular complexity index is 1310. The van der Waals surface area contributed by atoms with Gasteiger partial charge in [0, 0.05) is 13.1 Å². The maximum Gasteiger partial charge on any atom is 0.308 e. The third kappa shape index (κ3) is 4.75. The summed E-state index contributed by atoms with van der Waals surface area (Å²) < 4.78 is 0. The SMILES string of the molecule is CC[C@@H](Nc1c(Nc2cccc(C(=O)N3CCCC(C(=O)O)C3)c2O)c(=O)c1=O)c1ccccc1. The van der Waals surface area contributed by atoms with E-state index in [9.17, 15) is 29.4 Å². The lowest BCUT2D eigenvalue weighted by molar-refractivity contribution is -0.143. The lowest BCUT2D eigenvalue weighted by Crippen LogP contribution is -2.42. The van der Waals surface area contributed by atoms with Crippen LogP contribution >= 0.6 is 0 Å². The van der Waals surface area contributed by atoms with Crippen LogP contribution in [0.5, 0.6) is 5.75 Å². The number of phenolic OH excluding ortho intramolecular Hbond substituents is 1. The number of benzene rings is 2. The molecule has 0 saturated carbocycles. The average molecular weight is 478 g/mol. The number of amides is 1. The van der Waals surface area contributed by atoms with Crippen LogP contribution in [0.25, 0.3) is 0 Å². The monoisotopic (exact) mass is 477 g/mol. The zero-order valence-electron chi connectivity index (χ0n) is 19.3. The number of hydrogen-bond donors (Lipinski definition) is 4. The van der Waals surface area contributed by atoms with E-state index in [1.54, 1.807) is 6.07 Å². The van der Waals surface area contributed by atoms with E-state index in [2.05, 4.69) is 10.6 Å². The van der Waals surface area contributed by atoms with E-state index < -0.39 is 28.7 Å². The summed E-state index contributed by atoms with van der Waals surface area (Å²) >= 11 is 0. The molecule has 3 aromatic carbocycles. The lowest BCUT2D eigenvalue weighted by Gasteiger charge is -2.31. The number of anilines is 3. The summed E-state index contributed by atoms with van der Waals surface area (Å²) in [6, 6.07) is 13.8. The van der Waals surface area contributed by atoms with Crippen LogP contribution in [-0.4, -0.2) is 40.1 Å². The van der Waals surface area contributed by atoms with Gasteiger partial charge in [-0.1, -0.05) is 43.3 Å². The predicted molar refractivity (Wildman–Crippen MR) is 132 cm³/mol. The molecular weight excluding hydrogens is 450 g/mol. The first-order valence-electron chi connectivity index (χ1n) is 11.6. The molecule has 3 aromatic rings. The maximum absolute atomic E-state index is 13.0. The molecule has 0 bridgehead atoms. The Morgan fingerprint density at radius 2 is 1.77 bits per heavy atom. The number of rotatable bonds is 8. The van der Waals surface area contributed by atoms with E-state index in [1.807, 2.05) is 37.3 Å². The molecule has 9 heteroatoms. The minimum absolute atomic E-state index is 0.00929. The number of para-hydroxylation sites is 1. The van der Waals surface area contributed by atoms with Crippen LogP contribution < -0.4 is 21.5 Å². The normalized spacial score (nSPS) is 16.6. The van der Waals surface area contributed by atoms with E-state index in [0.717, 1.165) is 5.56 Å². The molecule has 1 heterocycles. The van der Waals surface area contributed by atoms with Gasteiger partial charge in [-0.05, 0) is 37.0 Å². The molecule has 1 unspecified atom stereocenters. The van der Waals surface area contributed by atoms with Gasteiger partial charge in [-0.25, -0.2) is 0 Å². The van der Waals surface area contributed by atoms with E-state index >= 15 is 0 Å². The van der Waals surface area contributed by atoms with Gasteiger partial charge < -0.3 is 25.7 Å². The molecule has 4 rings (SSSR count). The van der Waals surface area contributed by atoms with Crippen molar-refractivity contribution in [3.8, 4) is 5.75 Å². The molecule has 1 aliphatic rings. The van der Waals surface area contributed by atoms with Gasteiger partial charge in [0.25, 0.3) is 16.8 Å². The van der Waals surface area contributed by atoms with Gasteiger partial charge in [0.15, 0.2) is 5.75 Å². The first-order valence-corrected chi connectivity index (χ1v) is 11.6. The number of nitrogens with one attached hydrogen (secondary N) is 2. The Hall–Kier alpha value is -4.14. The minimum Gasteiger partial charge on any atom is -0.505 e. The van der Waals surface area contributed by atoms with Crippen molar-refractivity contribution in [3.63, 3.8) is 0 Å². The van der Waals surface area contributed by atoms with Gasteiger partial charge >= 0.3 is 5.97 Å². The number of carboxylic acid groups (broad SMARTS) is 1. The van der Waals surface area contributed by atoms with Crippen LogP contribution in [0.3, 0.4) is 0 Å². The quantitative estimate of drug-likeness (QED) is 0.287. The van der Waals surface area contributed by atoms with Crippen molar-refractivity contribution < 1.29 is 19.8 Å². The van der Waals surface area contributed by atoms with Gasteiger partial charge in [0.05, 0.1) is 23.2 Å². The fourth-order valence-electron chi connectivity index (χ4n) is 4.41. The van der Waals surface area contributed by atoms with E-state index in [-0.39, 0.29) is 41.0 Å². The molecule has 1 fully saturated rings. The smallest absolute Gasteiger partial charge is 0.308 e. The average Bonchev–Trinajstić information content (AvgIpc) is 2.89. The van der Waals surface area contributed by atoms with Gasteiger partial charge in [-0.15, -0.1) is 0 Å². The number of aliphatic carboxylic acids is 1. The summed E-state index contributed by atoms with van der Waals surface area (Å²) in [7, 11) is 0. The summed E-state index contributed by atoms with van der Waals surface area (Å²) in [6.45, 7) is 2.42. The Kier molecular flexibility index (Phi) is 6.86.